The van der Waals surface area contributed by atoms with E-state index in [4.69, 9.17) is 18.4 Å². The summed E-state index contributed by atoms with van der Waals surface area (Å²) in [6, 6.07) is 14.4. The van der Waals surface area contributed by atoms with Crippen molar-refractivity contribution in [3.8, 4) is 16.9 Å². The molecule has 0 aromatic heterocycles. The van der Waals surface area contributed by atoms with Crippen LogP contribution in [0.2, 0.25) is 0 Å². The predicted molar refractivity (Wildman–Crippen MR) is 143 cm³/mol. The van der Waals surface area contributed by atoms with E-state index in [1.165, 1.54) is 9.87 Å². The number of fused-ring (bicyclic) bond motifs is 1. The summed E-state index contributed by atoms with van der Waals surface area (Å²) in [5.74, 6) is -0.951. The second-order valence-corrected chi connectivity index (χ2v) is 12.9. The molecule has 3 aliphatic rings. The molecule has 1 aliphatic carbocycles. The van der Waals surface area contributed by atoms with Crippen molar-refractivity contribution in [1.82, 2.24) is 4.31 Å². The van der Waals surface area contributed by atoms with Crippen LogP contribution in [0.4, 0.5) is 0 Å². The van der Waals surface area contributed by atoms with Crippen molar-refractivity contribution in [2.45, 2.75) is 76.8 Å². The van der Waals surface area contributed by atoms with Gasteiger partial charge in [-0.05, 0) is 93.7 Å². The quantitative estimate of drug-likeness (QED) is 0.509. The molecular weight excluding hydrogens is 506 g/mol. The molecular formula is C29H37NO7S. The van der Waals surface area contributed by atoms with Gasteiger partial charge in [0.2, 0.25) is 0 Å². The Morgan fingerprint density at radius 3 is 2.47 bits per heavy atom. The van der Waals surface area contributed by atoms with E-state index in [9.17, 15) is 13.2 Å². The third-order valence-electron chi connectivity index (χ3n) is 8.13. The van der Waals surface area contributed by atoms with Gasteiger partial charge in [0.05, 0.1) is 24.7 Å². The zero-order valence-electron chi connectivity index (χ0n) is 22.7. The minimum Gasteiger partial charge on any atom is -0.497 e. The van der Waals surface area contributed by atoms with Gasteiger partial charge in [-0.15, -0.1) is 0 Å². The van der Waals surface area contributed by atoms with Crippen molar-refractivity contribution in [3.63, 3.8) is 0 Å². The van der Waals surface area contributed by atoms with Gasteiger partial charge in [0.25, 0.3) is 0 Å². The van der Waals surface area contributed by atoms with E-state index in [0.29, 0.717) is 38.8 Å². The Morgan fingerprint density at radius 1 is 1.08 bits per heavy atom. The first-order valence-electron chi connectivity index (χ1n) is 13.3. The first-order valence-corrected chi connectivity index (χ1v) is 14.6. The molecule has 0 unspecified atom stereocenters. The van der Waals surface area contributed by atoms with Gasteiger partial charge in [-0.2, -0.15) is 12.7 Å². The van der Waals surface area contributed by atoms with E-state index < -0.39 is 33.6 Å². The monoisotopic (exact) mass is 543 g/mol. The Bertz CT molecular complexity index is 1320. The number of carbonyl (C=O) groups is 1. The number of hydrogen-bond donors (Lipinski definition) is 0. The van der Waals surface area contributed by atoms with Crippen molar-refractivity contribution >= 4 is 16.3 Å². The van der Waals surface area contributed by atoms with Crippen molar-refractivity contribution in [2.75, 3.05) is 20.2 Å². The number of ether oxygens (including phenoxy) is 3. The molecule has 0 radical (unpaired) electrons. The fourth-order valence-electron chi connectivity index (χ4n) is 6.29. The number of carbonyl (C=O) groups excluding carboxylic acids is 1. The highest BCUT2D eigenvalue weighted by Crippen LogP contribution is 2.49. The number of aryl methyl sites for hydroxylation is 1. The second kappa shape index (κ2) is 9.93. The van der Waals surface area contributed by atoms with E-state index >= 15 is 0 Å². The Hall–Kier alpha value is -2.46. The van der Waals surface area contributed by atoms with Crippen molar-refractivity contribution in [3.05, 3.63) is 53.6 Å². The SMILES string of the molecule is COc1cccc(-c2ccc(C3CCN(S(=O)(=O)OC(=O)[C@@H]4C[C@H]5OC(C)(C)O[C@@]5(C)C4)CC3)cc2C)c1. The molecule has 0 N–H and O–H groups in total. The summed E-state index contributed by atoms with van der Waals surface area (Å²) >= 11 is 0. The summed E-state index contributed by atoms with van der Waals surface area (Å²) < 4.78 is 49.5. The van der Waals surface area contributed by atoms with Crippen LogP contribution in [0.1, 0.15) is 63.5 Å². The van der Waals surface area contributed by atoms with Crippen LogP contribution in [0.15, 0.2) is 42.5 Å². The van der Waals surface area contributed by atoms with Crippen LogP contribution in [0.3, 0.4) is 0 Å². The van der Waals surface area contributed by atoms with Gasteiger partial charge in [-0.25, -0.2) is 0 Å². The Kier molecular flexibility index (Phi) is 7.09. The normalized spacial score (nSPS) is 27.7. The fraction of sp³-hybridized carbons (Fsp3) is 0.552. The maximum absolute atomic E-state index is 12.9. The first kappa shape index (κ1) is 27.1. The zero-order valence-corrected chi connectivity index (χ0v) is 23.5. The minimum atomic E-state index is -4.16. The summed E-state index contributed by atoms with van der Waals surface area (Å²) in [7, 11) is -2.50. The van der Waals surface area contributed by atoms with E-state index in [1.54, 1.807) is 7.11 Å². The molecule has 3 atom stereocenters. The molecule has 9 heteroatoms. The summed E-state index contributed by atoms with van der Waals surface area (Å²) in [5, 5.41) is 0. The number of rotatable bonds is 6. The van der Waals surface area contributed by atoms with Crippen LogP contribution in [0.25, 0.3) is 11.1 Å². The number of hydrogen-bond acceptors (Lipinski definition) is 7. The number of methoxy groups -OCH3 is 1. The van der Waals surface area contributed by atoms with Gasteiger partial charge >= 0.3 is 16.3 Å². The average molecular weight is 544 g/mol. The lowest BCUT2D eigenvalue weighted by Crippen LogP contribution is -2.40. The lowest BCUT2D eigenvalue weighted by atomic mass is 9.87. The Labute approximate surface area is 225 Å². The first-order chi connectivity index (χ1) is 17.9. The van der Waals surface area contributed by atoms with E-state index in [2.05, 4.69) is 31.2 Å². The van der Waals surface area contributed by atoms with Gasteiger partial charge < -0.3 is 18.4 Å². The molecule has 0 amide bonds. The van der Waals surface area contributed by atoms with E-state index in [-0.39, 0.29) is 12.0 Å². The molecule has 2 aromatic rings. The molecule has 5 rings (SSSR count). The molecule has 0 spiro atoms. The van der Waals surface area contributed by atoms with Gasteiger partial charge in [0, 0.05) is 13.1 Å². The number of nitrogens with zero attached hydrogens (tertiary/aromatic N) is 1. The van der Waals surface area contributed by atoms with Crippen molar-refractivity contribution < 1.29 is 31.6 Å². The van der Waals surface area contributed by atoms with E-state index in [0.717, 1.165) is 22.4 Å². The lowest BCUT2D eigenvalue weighted by molar-refractivity contribution is -0.172. The maximum atomic E-state index is 12.9. The third kappa shape index (κ3) is 5.34. The summed E-state index contributed by atoms with van der Waals surface area (Å²) in [6.45, 7) is 8.30. The molecule has 8 nitrogen and oxygen atoms in total. The zero-order chi connectivity index (χ0) is 27.3. The van der Waals surface area contributed by atoms with Crippen LogP contribution in [-0.4, -0.2) is 56.4 Å². The number of piperidine rings is 1. The van der Waals surface area contributed by atoms with Crippen LogP contribution >= 0.6 is 0 Å². The second-order valence-electron chi connectivity index (χ2n) is 11.4. The summed E-state index contributed by atoms with van der Waals surface area (Å²) in [6.07, 6.45) is 1.83. The van der Waals surface area contributed by atoms with Gasteiger partial charge in [0.15, 0.2) is 5.79 Å². The Balaban J connectivity index is 1.18. The molecule has 206 valence electrons. The molecule has 2 saturated heterocycles. The smallest absolute Gasteiger partial charge is 0.387 e. The molecule has 1 saturated carbocycles. The van der Waals surface area contributed by atoms with Crippen LogP contribution in [0, 0.1) is 12.8 Å². The molecule has 38 heavy (non-hydrogen) atoms. The highest BCUT2D eigenvalue weighted by molar-refractivity contribution is 7.84. The third-order valence-corrected chi connectivity index (χ3v) is 9.50. The largest absolute Gasteiger partial charge is 0.497 e. The average Bonchev–Trinajstić information content (AvgIpc) is 3.29. The van der Waals surface area contributed by atoms with Gasteiger partial charge in [-0.3, -0.25) is 4.79 Å². The summed E-state index contributed by atoms with van der Waals surface area (Å²) in [5.41, 5.74) is 3.97. The molecule has 2 aliphatic heterocycles. The van der Waals surface area contributed by atoms with Crippen LogP contribution in [0.5, 0.6) is 5.75 Å². The molecule has 2 aromatic carbocycles. The lowest BCUT2D eigenvalue weighted by Gasteiger charge is -2.31. The van der Waals surface area contributed by atoms with Crippen molar-refractivity contribution in [2.24, 2.45) is 5.92 Å². The number of benzene rings is 2. The van der Waals surface area contributed by atoms with Crippen LogP contribution in [-0.2, 0) is 28.8 Å². The minimum absolute atomic E-state index is 0.238. The Morgan fingerprint density at radius 2 is 1.82 bits per heavy atom. The van der Waals surface area contributed by atoms with Crippen LogP contribution < -0.4 is 4.74 Å². The van der Waals surface area contributed by atoms with Gasteiger partial charge in [-0.1, -0.05) is 30.3 Å². The topological polar surface area (TPSA) is 91.4 Å². The molecule has 0 bridgehead atoms. The molecule has 2 heterocycles. The maximum Gasteiger partial charge on any atom is 0.387 e. The standard InChI is InChI=1S/C29H37NO7S/c1-19-15-21(9-10-25(19)22-7-6-8-24(16-22)34-5)20-11-13-30(14-12-20)38(32,33)36-27(31)23-17-26-29(4,18-23)37-28(2,3)35-26/h6-10,15-16,20,23,26H,11-14,17-18H2,1-5H3/t23-,26-,29+/m1/s1. The van der Waals surface area contributed by atoms with Gasteiger partial charge in [0.1, 0.15) is 5.75 Å². The van der Waals surface area contributed by atoms with E-state index in [1.807, 2.05) is 39.0 Å². The fourth-order valence-corrected chi connectivity index (χ4v) is 7.40. The summed E-state index contributed by atoms with van der Waals surface area (Å²) in [4.78, 5) is 12.8. The van der Waals surface area contributed by atoms with Crippen molar-refractivity contribution in [1.29, 1.82) is 0 Å². The molecule has 3 fully saturated rings. The highest BCUT2D eigenvalue weighted by Gasteiger charge is 2.57. The predicted octanol–water partition coefficient (Wildman–Crippen LogP) is 4.96. The highest BCUT2D eigenvalue weighted by atomic mass is 32.2.